The smallest absolute Gasteiger partial charge is 0.192 e. The summed E-state index contributed by atoms with van der Waals surface area (Å²) in [5.41, 5.74) is 3.23. The van der Waals surface area contributed by atoms with Crippen molar-refractivity contribution in [3.63, 3.8) is 0 Å². The van der Waals surface area contributed by atoms with Crippen LogP contribution in [0.5, 0.6) is 0 Å². The number of aryl methyl sites for hydroxylation is 2. The Bertz CT molecular complexity index is 431. The molecule has 0 aliphatic carbocycles. The second-order valence-electron chi connectivity index (χ2n) is 3.64. The number of benzene rings is 1. The Balaban J connectivity index is 2.31. The molecule has 0 N–H and O–H groups in total. The first-order chi connectivity index (χ1) is 6.79. The van der Waals surface area contributed by atoms with Gasteiger partial charge in [-0.2, -0.15) is 0 Å². The van der Waals surface area contributed by atoms with Crippen molar-refractivity contribution in [2.45, 2.75) is 33.1 Å². The number of unbranched alkanes of at least 4 members (excludes halogenated alkanes) is 1. The van der Waals surface area contributed by atoms with E-state index in [2.05, 4.69) is 24.0 Å². The molecule has 74 valence electrons. The quantitative estimate of drug-likeness (QED) is 0.738. The van der Waals surface area contributed by atoms with Gasteiger partial charge in [0, 0.05) is 6.92 Å². The minimum absolute atomic E-state index is 0.743. The van der Waals surface area contributed by atoms with Crippen LogP contribution in [0.3, 0.4) is 0 Å². The Morgan fingerprint density at radius 2 is 2.21 bits per heavy atom. The predicted molar refractivity (Wildman–Crippen MR) is 57.4 cm³/mol. The van der Waals surface area contributed by atoms with Gasteiger partial charge in [-0.3, -0.25) is 0 Å². The minimum Gasteiger partial charge on any atom is -0.441 e. The van der Waals surface area contributed by atoms with Crippen LogP contribution < -0.4 is 0 Å². The molecule has 0 spiro atoms. The molecule has 1 aromatic heterocycles. The molecule has 0 radical (unpaired) electrons. The standard InChI is InChI=1S/C12H15NO/c1-3-4-5-10-6-7-12-11(8-10)13-9(2)14-12/h6-8H,3-5H2,1-2H3. The van der Waals surface area contributed by atoms with Gasteiger partial charge in [0.05, 0.1) is 0 Å². The van der Waals surface area contributed by atoms with Gasteiger partial charge in [-0.25, -0.2) is 4.98 Å². The summed E-state index contributed by atoms with van der Waals surface area (Å²) >= 11 is 0. The third-order valence-corrected chi connectivity index (χ3v) is 2.38. The van der Waals surface area contributed by atoms with Gasteiger partial charge in [-0.15, -0.1) is 0 Å². The number of rotatable bonds is 3. The lowest BCUT2D eigenvalue weighted by molar-refractivity contribution is 0.561. The molecule has 0 unspecified atom stereocenters. The maximum absolute atomic E-state index is 5.42. The molecule has 0 fully saturated rings. The molecule has 2 nitrogen and oxygen atoms in total. The second kappa shape index (κ2) is 3.82. The number of hydrogen-bond acceptors (Lipinski definition) is 2. The molecule has 2 heteroatoms. The average molecular weight is 189 g/mol. The highest BCUT2D eigenvalue weighted by atomic mass is 16.3. The predicted octanol–water partition coefficient (Wildman–Crippen LogP) is 3.48. The third-order valence-electron chi connectivity index (χ3n) is 2.38. The third kappa shape index (κ3) is 1.79. The van der Waals surface area contributed by atoms with Crippen molar-refractivity contribution in [2.24, 2.45) is 0 Å². The van der Waals surface area contributed by atoms with Crippen molar-refractivity contribution in [2.75, 3.05) is 0 Å². The van der Waals surface area contributed by atoms with E-state index < -0.39 is 0 Å². The number of hydrogen-bond donors (Lipinski definition) is 0. The number of fused-ring (bicyclic) bond motifs is 1. The normalized spacial score (nSPS) is 11.0. The summed E-state index contributed by atoms with van der Waals surface area (Å²) in [6.45, 7) is 4.09. The lowest BCUT2D eigenvalue weighted by atomic mass is 10.1. The summed E-state index contributed by atoms with van der Waals surface area (Å²) in [4.78, 5) is 4.32. The van der Waals surface area contributed by atoms with Crippen molar-refractivity contribution in [3.05, 3.63) is 29.7 Å². The summed E-state index contributed by atoms with van der Waals surface area (Å²) in [6, 6.07) is 6.27. The highest BCUT2D eigenvalue weighted by Crippen LogP contribution is 2.17. The summed E-state index contributed by atoms with van der Waals surface area (Å²) < 4.78 is 5.42. The van der Waals surface area contributed by atoms with Crippen molar-refractivity contribution < 1.29 is 4.42 Å². The van der Waals surface area contributed by atoms with Crippen LogP contribution in [-0.4, -0.2) is 4.98 Å². The molecule has 14 heavy (non-hydrogen) atoms. The van der Waals surface area contributed by atoms with Gasteiger partial charge >= 0.3 is 0 Å². The van der Waals surface area contributed by atoms with Gasteiger partial charge in [0.25, 0.3) is 0 Å². The molecule has 0 saturated carbocycles. The zero-order chi connectivity index (χ0) is 9.97. The average Bonchev–Trinajstić information content (AvgIpc) is 2.54. The van der Waals surface area contributed by atoms with E-state index in [0.717, 1.165) is 23.4 Å². The molecule has 1 aromatic carbocycles. The number of oxazole rings is 1. The van der Waals surface area contributed by atoms with Crippen LogP contribution in [0.15, 0.2) is 22.6 Å². The maximum atomic E-state index is 5.42. The van der Waals surface area contributed by atoms with E-state index >= 15 is 0 Å². The number of nitrogens with zero attached hydrogens (tertiary/aromatic N) is 1. The SMILES string of the molecule is CCCCc1ccc2oc(C)nc2c1. The van der Waals surface area contributed by atoms with Crippen molar-refractivity contribution >= 4 is 11.1 Å². The zero-order valence-corrected chi connectivity index (χ0v) is 8.71. The van der Waals surface area contributed by atoms with Crippen LogP contribution in [0, 0.1) is 6.92 Å². The monoisotopic (exact) mass is 189 g/mol. The molecule has 0 aliphatic heterocycles. The first kappa shape index (κ1) is 9.25. The molecular weight excluding hydrogens is 174 g/mol. The molecule has 0 aliphatic rings. The highest BCUT2D eigenvalue weighted by molar-refractivity contribution is 5.73. The Kier molecular flexibility index (Phi) is 2.53. The number of aromatic nitrogens is 1. The fourth-order valence-corrected chi connectivity index (χ4v) is 1.62. The van der Waals surface area contributed by atoms with Gasteiger partial charge in [-0.05, 0) is 30.5 Å². The maximum Gasteiger partial charge on any atom is 0.192 e. The fourth-order valence-electron chi connectivity index (χ4n) is 1.62. The first-order valence-corrected chi connectivity index (χ1v) is 5.15. The molecule has 2 aromatic rings. The van der Waals surface area contributed by atoms with Gasteiger partial charge in [0.2, 0.25) is 0 Å². The Labute approximate surface area is 84.0 Å². The molecule has 2 rings (SSSR count). The van der Waals surface area contributed by atoms with Gasteiger partial charge in [0.1, 0.15) is 5.52 Å². The van der Waals surface area contributed by atoms with Crippen molar-refractivity contribution in [1.29, 1.82) is 0 Å². The van der Waals surface area contributed by atoms with Crippen LogP contribution in [0.25, 0.3) is 11.1 Å². The largest absolute Gasteiger partial charge is 0.441 e. The Morgan fingerprint density at radius 3 is 3.00 bits per heavy atom. The van der Waals surface area contributed by atoms with Crippen LogP contribution in [-0.2, 0) is 6.42 Å². The van der Waals surface area contributed by atoms with E-state index in [9.17, 15) is 0 Å². The molecule has 0 bridgehead atoms. The molecule has 0 atom stereocenters. The summed E-state index contributed by atoms with van der Waals surface area (Å²) in [5.74, 6) is 0.743. The van der Waals surface area contributed by atoms with E-state index in [1.165, 1.54) is 18.4 Å². The molecular formula is C12H15NO. The first-order valence-electron chi connectivity index (χ1n) is 5.15. The minimum atomic E-state index is 0.743. The van der Waals surface area contributed by atoms with E-state index in [1.807, 2.05) is 13.0 Å². The summed E-state index contributed by atoms with van der Waals surface area (Å²) in [7, 11) is 0. The topological polar surface area (TPSA) is 26.0 Å². The fraction of sp³-hybridized carbons (Fsp3) is 0.417. The Hall–Kier alpha value is -1.31. The zero-order valence-electron chi connectivity index (χ0n) is 8.71. The van der Waals surface area contributed by atoms with Gasteiger partial charge in [-0.1, -0.05) is 19.4 Å². The molecule has 0 saturated heterocycles. The van der Waals surface area contributed by atoms with E-state index in [4.69, 9.17) is 4.42 Å². The van der Waals surface area contributed by atoms with Crippen molar-refractivity contribution in [1.82, 2.24) is 4.98 Å². The van der Waals surface area contributed by atoms with Gasteiger partial charge in [0.15, 0.2) is 11.5 Å². The van der Waals surface area contributed by atoms with E-state index in [1.54, 1.807) is 0 Å². The Morgan fingerprint density at radius 1 is 1.36 bits per heavy atom. The lowest BCUT2D eigenvalue weighted by Crippen LogP contribution is -1.83. The molecule has 0 amide bonds. The lowest BCUT2D eigenvalue weighted by Gasteiger charge is -1.97. The highest BCUT2D eigenvalue weighted by Gasteiger charge is 2.02. The molecule has 1 heterocycles. The van der Waals surface area contributed by atoms with E-state index in [-0.39, 0.29) is 0 Å². The summed E-state index contributed by atoms with van der Waals surface area (Å²) in [6.07, 6.45) is 3.61. The van der Waals surface area contributed by atoms with Crippen molar-refractivity contribution in [3.8, 4) is 0 Å². The van der Waals surface area contributed by atoms with E-state index in [0.29, 0.717) is 0 Å². The van der Waals surface area contributed by atoms with Crippen LogP contribution in [0.2, 0.25) is 0 Å². The van der Waals surface area contributed by atoms with Crippen LogP contribution in [0.4, 0.5) is 0 Å². The summed E-state index contributed by atoms with van der Waals surface area (Å²) in [5, 5.41) is 0. The van der Waals surface area contributed by atoms with Crippen LogP contribution >= 0.6 is 0 Å². The van der Waals surface area contributed by atoms with Crippen LogP contribution in [0.1, 0.15) is 31.2 Å². The second-order valence-corrected chi connectivity index (χ2v) is 3.64. The van der Waals surface area contributed by atoms with Gasteiger partial charge < -0.3 is 4.42 Å².